The molecule has 0 saturated carbocycles. The van der Waals surface area contributed by atoms with Crippen LogP contribution in [0.25, 0.3) is 10.9 Å². The Bertz CT molecular complexity index is 725. The maximum absolute atomic E-state index is 5.85. The lowest BCUT2D eigenvalue weighted by Gasteiger charge is -2.07. The van der Waals surface area contributed by atoms with E-state index < -0.39 is 0 Å². The van der Waals surface area contributed by atoms with Crippen LogP contribution < -0.4 is 5.32 Å². The number of hydrogen-bond donors (Lipinski definition) is 1. The minimum absolute atomic E-state index is 0.544. The fourth-order valence-electron chi connectivity index (χ4n) is 2.18. The fraction of sp³-hybridized carbons (Fsp3) is 0.118. The Morgan fingerprint density at radius 2 is 1.75 bits per heavy atom. The molecule has 0 atom stereocenters. The molecule has 3 aromatic rings. The van der Waals surface area contributed by atoms with E-state index in [1.54, 1.807) is 0 Å². The maximum atomic E-state index is 5.85. The van der Waals surface area contributed by atoms with Gasteiger partial charge in [-0.1, -0.05) is 42.5 Å². The van der Waals surface area contributed by atoms with Crippen LogP contribution in [-0.4, -0.2) is 4.98 Å². The zero-order valence-electron chi connectivity index (χ0n) is 11.0. The number of anilines is 1. The number of alkyl halides is 1. The van der Waals surface area contributed by atoms with Crippen LogP contribution in [0, 0.1) is 0 Å². The molecule has 2 nitrogen and oxygen atoms in total. The summed E-state index contributed by atoms with van der Waals surface area (Å²) in [5.41, 5.74) is 3.35. The van der Waals surface area contributed by atoms with Crippen LogP contribution >= 0.6 is 11.6 Å². The Labute approximate surface area is 123 Å². The highest BCUT2D eigenvalue weighted by atomic mass is 35.5. The van der Waals surface area contributed by atoms with E-state index in [4.69, 9.17) is 11.6 Å². The van der Waals surface area contributed by atoms with Gasteiger partial charge in [0, 0.05) is 17.8 Å². The van der Waals surface area contributed by atoms with Gasteiger partial charge >= 0.3 is 0 Å². The van der Waals surface area contributed by atoms with Gasteiger partial charge < -0.3 is 5.32 Å². The van der Waals surface area contributed by atoms with Gasteiger partial charge in [0.05, 0.1) is 5.52 Å². The fourth-order valence-corrected chi connectivity index (χ4v) is 2.35. The minimum Gasteiger partial charge on any atom is -0.366 e. The topological polar surface area (TPSA) is 24.9 Å². The average Bonchev–Trinajstić information content (AvgIpc) is 2.53. The molecule has 2 aromatic carbocycles. The molecule has 0 aliphatic carbocycles. The second-order valence-electron chi connectivity index (χ2n) is 4.70. The molecule has 0 amide bonds. The van der Waals surface area contributed by atoms with Crippen molar-refractivity contribution in [2.75, 3.05) is 5.32 Å². The lowest BCUT2D eigenvalue weighted by atomic mass is 10.1. The molecule has 0 saturated heterocycles. The Morgan fingerprint density at radius 3 is 2.65 bits per heavy atom. The molecule has 20 heavy (non-hydrogen) atoms. The molecular weight excluding hydrogens is 268 g/mol. The Hall–Kier alpha value is -2.06. The SMILES string of the molecule is ClCc1cccc(CNc2ccc3ccccc3n2)c1. The summed E-state index contributed by atoms with van der Waals surface area (Å²) in [5, 5.41) is 4.50. The predicted octanol–water partition coefficient (Wildman–Crippen LogP) is 4.59. The first-order chi connectivity index (χ1) is 9.85. The Kier molecular flexibility index (Phi) is 3.84. The molecule has 0 spiro atoms. The second kappa shape index (κ2) is 5.93. The van der Waals surface area contributed by atoms with Crippen molar-refractivity contribution >= 4 is 28.3 Å². The summed E-state index contributed by atoms with van der Waals surface area (Å²) in [7, 11) is 0. The maximum Gasteiger partial charge on any atom is 0.126 e. The number of fused-ring (bicyclic) bond motifs is 1. The van der Waals surface area contributed by atoms with Crippen LogP contribution in [0.15, 0.2) is 60.7 Å². The van der Waals surface area contributed by atoms with Crippen molar-refractivity contribution in [1.82, 2.24) is 4.98 Å². The van der Waals surface area contributed by atoms with Gasteiger partial charge in [-0.05, 0) is 29.3 Å². The van der Waals surface area contributed by atoms with Gasteiger partial charge in [-0.2, -0.15) is 0 Å². The van der Waals surface area contributed by atoms with Crippen molar-refractivity contribution in [2.24, 2.45) is 0 Å². The Morgan fingerprint density at radius 1 is 0.900 bits per heavy atom. The van der Waals surface area contributed by atoms with E-state index in [1.165, 1.54) is 5.56 Å². The number of nitrogens with zero attached hydrogens (tertiary/aromatic N) is 1. The number of pyridine rings is 1. The summed E-state index contributed by atoms with van der Waals surface area (Å²) in [4.78, 5) is 4.60. The molecule has 1 N–H and O–H groups in total. The highest BCUT2D eigenvalue weighted by Gasteiger charge is 1.99. The van der Waals surface area contributed by atoms with Crippen LogP contribution in [-0.2, 0) is 12.4 Å². The smallest absolute Gasteiger partial charge is 0.126 e. The number of para-hydroxylation sites is 1. The van der Waals surface area contributed by atoms with Crippen molar-refractivity contribution in [2.45, 2.75) is 12.4 Å². The van der Waals surface area contributed by atoms with Crippen molar-refractivity contribution in [3.8, 4) is 0 Å². The molecule has 3 rings (SSSR count). The average molecular weight is 283 g/mol. The zero-order valence-corrected chi connectivity index (χ0v) is 11.8. The first-order valence-electron chi connectivity index (χ1n) is 6.58. The van der Waals surface area contributed by atoms with Gasteiger partial charge in [0.25, 0.3) is 0 Å². The molecule has 3 heteroatoms. The largest absolute Gasteiger partial charge is 0.366 e. The first-order valence-corrected chi connectivity index (χ1v) is 7.12. The van der Waals surface area contributed by atoms with E-state index in [2.05, 4.69) is 34.6 Å². The van der Waals surface area contributed by atoms with E-state index in [-0.39, 0.29) is 0 Å². The molecule has 1 heterocycles. The number of aromatic nitrogens is 1. The van der Waals surface area contributed by atoms with Crippen molar-refractivity contribution in [1.29, 1.82) is 0 Å². The molecule has 0 unspecified atom stereocenters. The lowest BCUT2D eigenvalue weighted by Crippen LogP contribution is -2.01. The van der Waals surface area contributed by atoms with E-state index in [0.717, 1.165) is 28.8 Å². The van der Waals surface area contributed by atoms with Crippen molar-refractivity contribution < 1.29 is 0 Å². The van der Waals surface area contributed by atoms with E-state index >= 15 is 0 Å². The summed E-state index contributed by atoms with van der Waals surface area (Å²) in [6.07, 6.45) is 0. The van der Waals surface area contributed by atoms with Crippen LogP contribution in [0.3, 0.4) is 0 Å². The van der Waals surface area contributed by atoms with Crippen LogP contribution in [0.5, 0.6) is 0 Å². The molecule has 0 radical (unpaired) electrons. The molecule has 0 fully saturated rings. The summed E-state index contributed by atoms with van der Waals surface area (Å²) in [6.45, 7) is 0.746. The van der Waals surface area contributed by atoms with Crippen LogP contribution in [0.1, 0.15) is 11.1 Å². The third-order valence-electron chi connectivity index (χ3n) is 3.22. The van der Waals surface area contributed by atoms with E-state index in [0.29, 0.717) is 5.88 Å². The van der Waals surface area contributed by atoms with Crippen molar-refractivity contribution in [3.05, 3.63) is 71.8 Å². The third kappa shape index (κ3) is 2.91. The quantitative estimate of drug-likeness (QED) is 0.708. The molecule has 0 bridgehead atoms. The van der Waals surface area contributed by atoms with Gasteiger partial charge in [-0.3, -0.25) is 0 Å². The summed E-state index contributed by atoms with van der Waals surface area (Å²) in [6, 6.07) is 20.5. The minimum atomic E-state index is 0.544. The third-order valence-corrected chi connectivity index (χ3v) is 3.53. The summed E-state index contributed by atoms with van der Waals surface area (Å²) >= 11 is 5.85. The second-order valence-corrected chi connectivity index (χ2v) is 4.96. The van der Waals surface area contributed by atoms with Gasteiger partial charge in [0.15, 0.2) is 0 Å². The highest BCUT2D eigenvalue weighted by molar-refractivity contribution is 6.17. The zero-order chi connectivity index (χ0) is 13.8. The van der Waals surface area contributed by atoms with Gasteiger partial charge in [0.2, 0.25) is 0 Å². The van der Waals surface area contributed by atoms with E-state index in [9.17, 15) is 0 Å². The molecule has 100 valence electrons. The summed E-state index contributed by atoms with van der Waals surface area (Å²) < 4.78 is 0. The molecule has 0 aliphatic heterocycles. The van der Waals surface area contributed by atoms with Gasteiger partial charge in [-0.25, -0.2) is 4.98 Å². The first kappa shape index (κ1) is 12.9. The highest BCUT2D eigenvalue weighted by Crippen LogP contribution is 2.15. The normalized spacial score (nSPS) is 10.7. The van der Waals surface area contributed by atoms with Crippen LogP contribution in [0.4, 0.5) is 5.82 Å². The predicted molar refractivity (Wildman–Crippen MR) is 85.1 cm³/mol. The lowest BCUT2D eigenvalue weighted by molar-refractivity contribution is 1.11. The summed E-state index contributed by atoms with van der Waals surface area (Å²) in [5.74, 6) is 1.43. The Balaban J connectivity index is 1.76. The molecule has 0 aliphatic rings. The number of nitrogens with one attached hydrogen (secondary N) is 1. The van der Waals surface area contributed by atoms with Crippen molar-refractivity contribution in [3.63, 3.8) is 0 Å². The van der Waals surface area contributed by atoms with Gasteiger partial charge in [0.1, 0.15) is 5.82 Å². The van der Waals surface area contributed by atoms with Crippen LogP contribution in [0.2, 0.25) is 0 Å². The standard InChI is InChI=1S/C17H15ClN2/c18-11-13-4-3-5-14(10-13)12-19-17-9-8-15-6-1-2-7-16(15)20-17/h1-10H,11-12H2,(H,19,20). The number of benzene rings is 2. The molecular formula is C17H15ClN2. The molecule has 1 aromatic heterocycles. The number of hydrogen-bond acceptors (Lipinski definition) is 2. The van der Waals surface area contributed by atoms with Gasteiger partial charge in [-0.15, -0.1) is 11.6 Å². The monoisotopic (exact) mass is 282 g/mol. The van der Waals surface area contributed by atoms with E-state index in [1.807, 2.05) is 36.4 Å². The number of rotatable bonds is 4. The number of halogens is 1.